The molecule has 1 aromatic carbocycles. The molecule has 0 saturated carbocycles. The van der Waals surface area contributed by atoms with Crippen molar-refractivity contribution in [3.8, 4) is 23.2 Å². The van der Waals surface area contributed by atoms with Gasteiger partial charge in [0.15, 0.2) is 0 Å². The van der Waals surface area contributed by atoms with Crippen LogP contribution in [0.4, 0.5) is 0 Å². The number of tetrazole rings is 1. The van der Waals surface area contributed by atoms with E-state index in [2.05, 4.69) is 27.3 Å². The molecule has 0 unspecified atom stereocenters. The SMILES string of the molecule is NCC#Cc1ccsc1Cn1nnc(-c2ccccc2)n1. The number of aromatic nitrogens is 4. The third-order valence-corrected chi connectivity index (χ3v) is 3.75. The van der Waals surface area contributed by atoms with Crippen LogP contribution in [0, 0.1) is 11.8 Å². The van der Waals surface area contributed by atoms with Gasteiger partial charge in [-0.3, -0.25) is 0 Å². The Balaban J connectivity index is 1.81. The molecule has 2 heterocycles. The van der Waals surface area contributed by atoms with Gasteiger partial charge in [-0.2, -0.15) is 4.80 Å². The van der Waals surface area contributed by atoms with Gasteiger partial charge in [-0.1, -0.05) is 42.2 Å². The average molecular weight is 295 g/mol. The quantitative estimate of drug-likeness (QED) is 0.748. The summed E-state index contributed by atoms with van der Waals surface area (Å²) in [4.78, 5) is 2.69. The van der Waals surface area contributed by atoms with E-state index >= 15 is 0 Å². The Morgan fingerprint density at radius 3 is 2.86 bits per heavy atom. The number of rotatable bonds is 3. The minimum absolute atomic E-state index is 0.356. The molecule has 21 heavy (non-hydrogen) atoms. The van der Waals surface area contributed by atoms with Gasteiger partial charge in [-0.05, 0) is 16.7 Å². The zero-order valence-corrected chi connectivity index (χ0v) is 12.0. The molecule has 2 N–H and O–H groups in total. The standard InChI is InChI=1S/C15H13N5S/c16-9-4-7-12-8-10-21-14(12)11-20-18-15(17-19-20)13-5-2-1-3-6-13/h1-3,5-6,8,10H,9,11,16H2. The first-order chi connectivity index (χ1) is 10.4. The fourth-order valence-electron chi connectivity index (χ4n) is 1.86. The number of benzene rings is 1. The van der Waals surface area contributed by atoms with Crippen LogP contribution in [0.1, 0.15) is 10.4 Å². The molecule has 0 fully saturated rings. The Morgan fingerprint density at radius 2 is 2.05 bits per heavy atom. The monoisotopic (exact) mass is 295 g/mol. The third-order valence-electron chi connectivity index (χ3n) is 2.84. The van der Waals surface area contributed by atoms with Crippen molar-refractivity contribution in [2.45, 2.75) is 6.54 Å². The van der Waals surface area contributed by atoms with Crippen LogP contribution in [0.2, 0.25) is 0 Å². The lowest BCUT2D eigenvalue weighted by atomic mass is 10.2. The zero-order chi connectivity index (χ0) is 14.5. The Bertz CT molecular complexity index is 779. The number of hydrogen-bond donors (Lipinski definition) is 1. The fourth-order valence-corrected chi connectivity index (χ4v) is 2.67. The highest BCUT2D eigenvalue weighted by Crippen LogP contribution is 2.17. The second-order valence-electron chi connectivity index (χ2n) is 4.27. The van der Waals surface area contributed by atoms with Crippen LogP contribution < -0.4 is 5.73 Å². The van der Waals surface area contributed by atoms with Gasteiger partial charge in [-0.15, -0.1) is 21.5 Å². The molecule has 0 amide bonds. The fraction of sp³-hybridized carbons (Fsp3) is 0.133. The Kier molecular flexibility index (Phi) is 4.05. The largest absolute Gasteiger partial charge is 0.320 e. The van der Waals surface area contributed by atoms with E-state index in [1.54, 1.807) is 16.1 Å². The number of nitrogens with two attached hydrogens (primary N) is 1. The minimum atomic E-state index is 0.356. The van der Waals surface area contributed by atoms with Gasteiger partial charge in [0, 0.05) is 16.0 Å². The first-order valence-electron chi connectivity index (χ1n) is 6.45. The molecule has 0 bridgehead atoms. The Labute approximate surface area is 126 Å². The second kappa shape index (κ2) is 6.31. The highest BCUT2D eigenvalue weighted by atomic mass is 32.1. The molecular formula is C15H13N5S. The van der Waals surface area contributed by atoms with Gasteiger partial charge < -0.3 is 5.73 Å². The summed E-state index contributed by atoms with van der Waals surface area (Å²) in [5.74, 6) is 6.55. The van der Waals surface area contributed by atoms with Crippen LogP contribution in [0.5, 0.6) is 0 Å². The lowest BCUT2D eigenvalue weighted by Gasteiger charge is -1.97. The van der Waals surface area contributed by atoms with Crippen LogP contribution in [-0.2, 0) is 6.54 Å². The number of hydrogen-bond acceptors (Lipinski definition) is 5. The molecule has 0 aliphatic heterocycles. The maximum Gasteiger partial charge on any atom is 0.204 e. The van der Waals surface area contributed by atoms with Crippen molar-refractivity contribution >= 4 is 11.3 Å². The van der Waals surface area contributed by atoms with E-state index in [9.17, 15) is 0 Å². The summed E-state index contributed by atoms with van der Waals surface area (Å²) < 4.78 is 0. The molecule has 0 saturated heterocycles. The number of nitrogens with zero attached hydrogens (tertiary/aromatic N) is 4. The van der Waals surface area contributed by atoms with E-state index in [0.717, 1.165) is 16.0 Å². The summed E-state index contributed by atoms with van der Waals surface area (Å²) in [7, 11) is 0. The molecule has 2 aromatic heterocycles. The Morgan fingerprint density at radius 1 is 1.19 bits per heavy atom. The van der Waals surface area contributed by atoms with Gasteiger partial charge in [-0.25, -0.2) is 0 Å². The van der Waals surface area contributed by atoms with E-state index in [1.807, 2.05) is 41.8 Å². The van der Waals surface area contributed by atoms with E-state index in [0.29, 0.717) is 18.9 Å². The van der Waals surface area contributed by atoms with Crippen LogP contribution in [0.25, 0.3) is 11.4 Å². The molecule has 5 nitrogen and oxygen atoms in total. The molecule has 3 rings (SSSR count). The van der Waals surface area contributed by atoms with E-state index in [-0.39, 0.29) is 0 Å². The minimum Gasteiger partial charge on any atom is -0.320 e. The summed E-state index contributed by atoms with van der Waals surface area (Å²) in [6, 6.07) is 11.8. The molecule has 0 radical (unpaired) electrons. The summed E-state index contributed by atoms with van der Waals surface area (Å²) in [5, 5.41) is 14.6. The second-order valence-corrected chi connectivity index (χ2v) is 5.27. The molecule has 3 aromatic rings. The van der Waals surface area contributed by atoms with Gasteiger partial charge in [0.25, 0.3) is 0 Å². The predicted molar refractivity (Wildman–Crippen MR) is 82.6 cm³/mol. The smallest absolute Gasteiger partial charge is 0.204 e. The molecule has 104 valence electrons. The Hall–Kier alpha value is -2.49. The van der Waals surface area contributed by atoms with Crippen molar-refractivity contribution < 1.29 is 0 Å². The lowest BCUT2D eigenvalue weighted by molar-refractivity contribution is 0.577. The predicted octanol–water partition coefficient (Wildman–Crippen LogP) is 1.76. The van der Waals surface area contributed by atoms with Crippen molar-refractivity contribution in [1.82, 2.24) is 20.2 Å². The topological polar surface area (TPSA) is 69.6 Å². The van der Waals surface area contributed by atoms with Crippen LogP contribution >= 0.6 is 11.3 Å². The number of thiophene rings is 1. The highest BCUT2D eigenvalue weighted by molar-refractivity contribution is 7.10. The first kappa shape index (κ1) is 13.5. The van der Waals surface area contributed by atoms with Crippen LogP contribution in [0.3, 0.4) is 0 Å². The summed E-state index contributed by atoms with van der Waals surface area (Å²) >= 11 is 1.63. The molecule has 0 atom stereocenters. The third kappa shape index (κ3) is 3.16. The molecule has 0 spiro atoms. The highest BCUT2D eigenvalue weighted by Gasteiger charge is 2.08. The van der Waals surface area contributed by atoms with Crippen molar-refractivity contribution in [3.63, 3.8) is 0 Å². The van der Waals surface area contributed by atoms with Gasteiger partial charge in [0.1, 0.15) is 0 Å². The molecule has 6 heteroatoms. The van der Waals surface area contributed by atoms with Crippen molar-refractivity contribution in [1.29, 1.82) is 0 Å². The summed E-state index contributed by atoms with van der Waals surface area (Å²) in [5.41, 5.74) is 7.34. The van der Waals surface area contributed by atoms with E-state index in [4.69, 9.17) is 5.73 Å². The van der Waals surface area contributed by atoms with Gasteiger partial charge in [0.05, 0.1) is 13.1 Å². The van der Waals surface area contributed by atoms with Gasteiger partial charge >= 0.3 is 0 Å². The lowest BCUT2D eigenvalue weighted by Crippen LogP contribution is -2.03. The van der Waals surface area contributed by atoms with Crippen molar-refractivity contribution in [3.05, 3.63) is 52.2 Å². The summed E-state index contributed by atoms with van der Waals surface area (Å²) in [6.45, 7) is 0.918. The maximum absolute atomic E-state index is 5.41. The zero-order valence-electron chi connectivity index (χ0n) is 11.2. The molecule has 0 aliphatic rings. The average Bonchev–Trinajstić information content (AvgIpc) is 3.16. The molecular weight excluding hydrogens is 282 g/mol. The molecule has 0 aliphatic carbocycles. The first-order valence-corrected chi connectivity index (χ1v) is 7.33. The van der Waals surface area contributed by atoms with E-state index in [1.165, 1.54) is 0 Å². The van der Waals surface area contributed by atoms with Crippen molar-refractivity contribution in [2.24, 2.45) is 5.73 Å². The van der Waals surface area contributed by atoms with E-state index < -0.39 is 0 Å². The summed E-state index contributed by atoms with van der Waals surface area (Å²) in [6.07, 6.45) is 0. The maximum atomic E-state index is 5.41. The van der Waals surface area contributed by atoms with Gasteiger partial charge in [0.2, 0.25) is 5.82 Å². The normalized spacial score (nSPS) is 10.1. The van der Waals surface area contributed by atoms with Crippen LogP contribution in [-0.4, -0.2) is 26.8 Å². The van der Waals surface area contributed by atoms with Crippen LogP contribution in [0.15, 0.2) is 41.8 Å². The van der Waals surface area contributed by atoms with Crippen molar-refractivity contribution in [2.75, 3.05) is 6.54 Å².